The molecule has 3 N–H and O–H groups in total. The SMILES string of the molecule is COC(=O)[C@H]1[C@@H]2CC[C@@](N)(C(=O)O)[C@@H]21.Cl. The Morgan fingerprint density at radius 1 is 1.53 bits per heavy atom. The van der Waals surface area contributed by atoms with Crippen LogP contribution in [0.2, 0.25) is 0 Å². The summed E-state index contributed by atoms with van der Waals surface area (Å²) in [5, 5.41) is 8.96. The molecule has 0 aromatic heterocycles. The molecular formula is C9H14ClNO4. The smallest absolute Gasteiger partial charge is 0.324 e. The van der Waals surface area contributed by atoms with Crippen LogP contribution in [0.4, 0.5) is 0 Å². The van der Waals surface area contributed by atoms with Crippen molar-refractivity contribution < 1.29 is 19.4 Å². The number of halogens is 1. The molecule has 0 unspecified atom stereocenters. The van der Waals surface area contributed by atoms with Crippen LogP contribution in [0.25, 0.3) is 0 Å². The fraction of sp³-hybridized carbons (Fsp3) is 0.778. The highest BCUT2D eigenvalue weighted by Crippen LogP contribution is 2.61. The molecule has 0 bridgehead atoms. The Hall–Kier alpha value is -0.810. The molecule has 2 aliphatic rings. The summed E-state index contributed by atoms with van der Waals surface area (Å²) < 4.78 is 4.60. The van der Waals surface area contributed by atoms with Gasteiger partial charge in [0.2, 0.25) is 0 Å². The maximum absolute atomic E-state index is 11.2. The first-order valence-electron chi connectivity index (χ1n) is 4.62. The van der Waals surface area contributed by atoms with Gasteiger partial charge in [0.25, 0.3) is 0 Å². The molecule has 0 aromatic carbocycles. The lowest BCUT2D eigenvalue weighted by Gasteiger charge is -2.21. The fourth-order valence-corrected chi connectivity index (χ4v) is 2.71. The number of fused-ring (bicyclic) bond motifs is 1. The van der Waals surface area contributed by atoms with Crippen LogP contribution in [0.15, 0.2) is 0 Å². The van der Waals surface area contributed by atoms with E-state index in [9.17, 15) is 9.59 Å². The number of carbonyl (C=O) groups is 2. The Morgan fingerprint density at radius 2 is 2.13 bits per heavy atom. The molecule has 0 aromatic rings. The molecule has 4 atom stereocenters. The van der Waals surface area contributed by atoms with Crippen LogP contribution in [-0.2, 0) is 14.3 Å². The molecule has 0 radical (unpaired) electrons. The number of nitrogens with two attached hydrogens (primary N) is 1. The van der Waals surface area contributed by atoms with Gasteiger partial charge < -0.3 is 15.6 Å². The lowest BCUT2D eigenvalue weighted by molar-refractivity contribution is -0.146. The van der Waals surface area contributed by atoms with Crippen molar-refractivity contribution in [2.75, 3.05) is 7.11 Å². The number of esters is 1. The predicted molar refractivity (Wildman–Crippen MR) is 53.5 cm³/mol. The number of hydrogen-bond donors (Lipinski definition) is 2. The summed E-state index contributed by atoms with van der Waals surface area (Å²) >= 11 is 0. The van der Waals surface area contributed by atoms with Gasteiger partial charge in [-0.15, -0.1) is 12.4 Å². The Balaban J connectivity index is 0.00000112. The van der Waals surface area contributed by atoms with Crippen LogP contribution in [-0.4, -0.2) is 29.7 Å². The van der Waals surface area contributed by atoms with Gasteiger partial charge in [0.05, 0.1) is 13.0 Å². The van der Waals surface area contributed by atoms with Gasteiger partial charge in [0, 0.05) is 5.92 Å². The zero-order valence-corrected chi connectivity index (χ0v) is 9.12. The van der Waals surface area contributed by atoms with Crippen molar-refractivity contribution in [2.24, 2.45) is 23.5 Å². The van der Waals surface area contributed by atoms with E-state index in [-0.39, 0.29) is 36.1 Å². The first kappa shape index (κ1) is 12.3. The molecule has 0 aliphatic heterocycles. The van der Waals surface area contributed by atoms with Crippen molar-refractivity contribution >= 4 is 24.3 Å². The van der Waals surface area contributed by atoms with E-state index in [1.165, 1.54) is 7.11 Å². The summed E-state index contributed by atoms with van der Waals surface area (Å²) in [6.07, 6.45) is 1.18. The maximum Gasteiger partial charge on any atom is 0.324 e. The van der Waals surface area contributed by atoms with Crippen LogP contribution in [0.5, 0.6) is 0 Å². The van der Waals surface area contributed by atoms with Crippen LogP contribution < -0.4 is 5.73 Å². The highest BCUT2D eigenvalue weighted by atomic mass is 35.5. The van der Waals surface area contributed by atoms with E-state index in [0.717, 1.165) is 0 Å². The summed E-state index contributed by atoms with van der Waals surface area (Å²) in [5.41, 5.74) is 4.56. The Labute approximate surface area is 93.4 Å². The van der Waals surface area contributed by atoms with E-state index in [4.69, 9.17) is 10.8 Å². The number of ether oxygens (including phenoxy) is 1. The van der Waals surface area contributed by atoms with Gasteiger partial charge in [0.15, 0.2) is 0 Å². The van der Waals surface area contributed by atoms with Crippen molar-refractivity contribution in [3.05, 3.63) is 0 Å². The number of rotatable bonds is 2. The van der Waals surface area contributed by atoms with Gasteiger partial charge in [-0.2, -0.15) is 0 Å². The van der Waals surface area contributed by atoms with Crippen LogP contribution in [0.1, 0.15) is 12.8 Å². The minimum atomic E-state index is -1.20. The highest BCUT2D eigenvalue weighted by Gasteiger charge is 2.70. The second-order valence-electron chi connectivity index (χ2n) is 4.12. The number of carboxylic acid groups (broad SMARTS) is 1. The van der Waals surface area contributed by atoms with Crippen molar-refractivity contribution in [3.8, 4) is 0 Å². The van der Waals surface area contributed by atoms with E-state index in [0.29, 0.717) is 12.8 Å². The molecule has 15 heavy (non-hydrogen) atoms. The van der Waals surface area contributed by atoms with Gasteiger partial charge in [-0.25, -0.2) is 0 Å². The van der Waals surface area contributed by atoms with E-state index in [1.807, 2.05) is 0 Å². The van der Waals surface area contributed by atoms with E-state index >= 15 is 0 Å². The number of carbonyl (C=O) groups excluding carboxylic acids is 1. The van der Waals surface area contributed by atoms with Gasteiger partial charge in [-0.3, -0.25) is 9.59 Å². The number of hydrogen-bond acceptors (Lipinski definition) is 4. The predicted octanol–water partition coefficient (Wildman–Crippen LogP) is 0.0193. The Morgan fingerprint density at radius 3 is 2.60 bits per heavy atom. The first-order valence-corrected chi connectivity index (χ1v) is 4.62. The topological polar surface area (TPSA) is 89.6 Å². The minimum Gasteiger partial charge on any atom is -0.480 e. The minimum absolute atomic E-state index is 0. The monoisotopic (exact) mass is 235 g/mol. The quantitative estimate of drug-likeness (QED) is 0.659. The molecule has 0 saturated heterocycles. The lowest BCUT2D eigenvalue weighted by Crippen LogP contribution is -2.49. The third-order valence-corrected chi connectivity index (χ3v) is 3.53. The molecule has 5 nitrogen and oxygen atoms in total. The largest absolute Gasteiger partial charge is 0.480 e. The van der Waals surface area contributed by atoms with Gasteiger partial charge in [-0.05, 0) is 18.8 Å². The van der Waals surface area contributed by atoms with Crippen LogP contribution in [0, 0.1) is 17.8 Å². The van der Waals surface area contributed by atoms with Crippen molar-refractivity contribution in [1.82, 2.24) is 0 Å². The van der Waals surface area contributed by atoms with Crippen LogP contribution in [0.3, 0.4) is 0 Å². The molecular weight excluding hydrogens is 222 g/mol. The van der Waals surface area contributed by atoms with E-state index in [2.05, 4.69) is 4.74 Å². The molecule has 2 rings (SSSR count). The second-order valence-corrected chi connectivity index (χ2v) is 4.12. The number of methoxy groups -OCH3 is 1. The number of carboxylic acids is 1. The summed E-state index contributed by atoms with van der Waals surface area (Å²) in [6, 6.07) is 0. The third-order valence-electron chi connectivity index (χ3n) is 3.53. The van der Waals surface area contributed by atoms with Gasteiger partial charge in [0.1, 0.15) is 5.54 Å². The molecule has 0 heterocycles. The first-order chi connectivity index (χ1) is 6.52. The fourth-order valence-electron chi connectivity index (χ4n) is 2.71. The van der Waals surface area contributed by atoms with Crippen molar-refractivity contribution in [2.45, 2.75) is 18.4 Å². The summed E-state index contributed by atoms with van der Waals surface area (Å²) in [6.45, 7) is 0. The zero-order valence-electron chi connectivity index (χ0n) is 8.30. The molecule has 0 spiro atoms. The average Bonchev–Trinajstić information content (AvgIpc) is 2.78. The summed E-state index contributed by atoms with van der Waals surface area (Å²) in [5.74, 6) is -1.70. The Bertz CT molecular complexity index is 308. The van der Waals surface area contributed by atoms with Gasteiger partial charge in [-0.1, -0.05) is 0 Å². The molecule has 2 aliphatic carbocycles. The maximum atomic E-state index is 11.2. The molecule has 2 fully saturated rings. The van der Waals surface area contributed by atoms with Crippen molar-refractivity contribution in [1.29, 1.82) is 0 Å². The normalized spacial score (nSPS) is 41.3. The summed E-state index contributed by atoms with van der Waals surface area (Å²) in [7, 11) is 1.31. The molecule has 2 saturated carbocycles. The standard InChI is InChI=1S/C9H13NO4.ClH/c1-14-7(11)5-4-2-3-9(10,6(4)5)8(12)13;/h4-6H,2-3,10H2,1H3,(H,12,13);1H/t4-,5-,6-,9-;/m0./s1. The molecule has 6 heteroatoms. The second kappa shape index (κ2) is 3.64. The highest BCUT2D eigenvalue weighted by molar-refractivity contribution is 5.86. The van der Waals surface area contributed by atoms with Crippen molar-refractivity contribution in [3.63, 3.8) is 0 Å². The van der Waals surface area contributed by atoms with Gasteiger partial charge >= 0.3 is 11.9 Å². The third kappa shape index (κ3) is 1.50. The van der Waals surface area contributed by atoms with Crippen LogP contribution >= 0.6 is 12.4 Å². The van der Waals surface area contributed by atoms with E-state index in [1.54, 1.807) is 0 Å². The average molecular weight is 236 g/mol. The van der Waals surface area contributed by atoms with E-state index < -0.39 is 11.5 Å². The Kier molecular flexibility index (Phi) is 2.98. The molecule has 86 valence electrons. The zero-order chi connectivity index (χ0) is 10.5. The molecule has 0 amide bonds. The number of aliphatic carboxylic acids is 1. The summed E-state index contributed by atoms with van der Waals surface area (Å²) in [4.78, 5) is 22.2. The lowest BCUT2D eigenvalue weighted by atomic mass is 9.92.